The summed E-state index contributed by atoms with van der Waals surface area (Å²) in [7, 11) is 0. The van der Waals surface area contributed by atoms with Gasteiger partial charge >= 0.3 is 0 Å². The van der Waals surface area contributed by atoms with Crippen molar-refractivity contribution in [2.45, 2.75) is 58.2 Å². The summed E-state index contributed by atoms with van der Waals surface area (Å²) in [5.74, 6) is 0.0161. The van der Waals surface area contributed by atoms with Crippen LogP contribution in [0.5, 0.6) is 0 Å². The number of carbonyl (C=O) groups excluding carboxylic acids is 1. The molecule has 0 unspecified atom stereocenters. The molecule has 3 heterocycles. The minimum Gasteiger partial charge on any atom is -0.326 e. The number of aryl methyl sites for hydroxylation is 2. The van der Waals surface area contributed by atoms with Gasteiger partial charge in [-0.2, -0.15) is 10.4 Å². The highest BCUT2D eigenvalue weighted by atomic mass is 32.1. The molecule has 0 bridgehead atoms. The second kappa shape index (κ2) is 8.24. The zero-order valence-electron chi connectivity index (χ0n) is 16.2. The predicted octanol–water partition coefficient (Wildman–Crippen LogP) is 3.19. The average molecular weight is 386 g/mol. The molecule has 1 amide bonds. The second-order valence-corrected chi connectivity index (χ2v) is 8.68. The van der Waals surface area contributed by atoms with Gasteiger partial charge in [0, 0.05) is 24.3 Å². The van der Waals surface area contributed by atoms with E-state index in [9.17, 15) is 4.79 Å². The maximum Gasteiger partial charge on any atom is 0.237 e. The smallest absolute Gasteiger partial charge is 0.237 e. The summed E-state index contributed by atoms with van der Waals surface area (Å²) in [4.78, 5) is 15.3. The van der Waals surface area contributed by atoms with Crippen molar-refractivity contribution in [3.8, 4) is 16.6 Å². The molecule has 0 radical (unpaired) electrons. The topological polar surface area (TPSA) is 74.0 Å². The Morgan fingerprint density at radius 1 is 1.52 bits per heavy atom. The summed E-state index contributed by atoms with van der Waals surface area (Å²) in [6, 6.07) is 8.20. The van der Waals surface area contributed by atoms with Crippen LogP contribution in [0.25, 0.3) is 10.6 Å². The average Bonchev–Trinajstić information content (AvgIpc) is 3.38. The van der Waals surface area contributed by atoms with Crippen LogP contribution in [-0.2, 0) is 11.3 Å². The number of likely N-dealkylation sites (tertiary alicyclic amines) is 1. The van der Waals surface area contributed by atoms with Gasteiger partial charge in [-0.3, -0.25) is 9.48 Å². The summed E-state index contributed by atoms with van der Waals surface area (Å²) in [6.45, 7) is 8.02. The van der Waals surface area contributed by atoms with Crippen molar-refractivity contribution in [1.82, 2.24) is 20.0 Å². The van der Waals surface area contributed by atoms with E-state index in [0.717, 1.165) is 37.2 Å². The first-order valence-corrected chi connectivity index (χ1v) is 10.3. The fourth-order valence-electron chi connectivity index (χ4n) is 3.37. The van der Waals surface area contributed by atoms with Crippen LogP contribution in [0.4, 0.5) is 0 Å². The maximum absolute atomic E-state index is 12.4. The highest BCUT2D eigenvalue weighted by Crippen LogP contribution is 2.24. The Morgan fingerprint density at radius 3 is 3.04 bits per heavy atom. The molecular formula is C20H27N5OS. The molecule has 0 aromatic carbocycles. The predicted molar refractivity (Wildman–Crippen MR) is 107 cm³/mol. The molecule has 2 aromatic rings. The van der Waals surface area contributed by atoms with Crippen molar-refractivity contribution >= 4 is 17.2 Å². The number of nitrogens with zero attached hydrogens (tertiary/aromatic N) is 4. The van der Waals surface area contributed by atoms with Crippen LogP contribution in [-0.4, -0.2) is 45.3 Å². The van der Waals surface area contributed by atoms with Crippen molar-refractivity contribution < 1.29 is 4.79 Å². The van der Waals surface area contributed by atoms with Crippen molar-refractivity contribution in [2.24, 2.45) is 0 Å². The molecule has 0 aliphatic carbocycles. The molecule has 1 aliphatic rings. The molecule has 1 aliphatic heterocycles. The maximum atomic E-state index is 12.4. The normalized spacial score (nSPS) is 17.3. The first kappa shape index (κ1) is 19.6. The molecular weight excluding hydrogens is 358 g/mol. The largest absolute Gasteiger partial charge is 0.326 e. The fraction of sp³-hybridized carbons (Fsp3) is 0.550. The number of rotatable bonds is 7. The van der Waals surface area contributed by atoms with E-state index in [1.54, 1.807) is 16.2 Å². The number of hydrogen-bond acceptors (Lipinski definition) is 5. The lowest BCUT2D eigenvalue weighted by molar-refractivity contribution is -0.130. The third kappa shape index (κ3) is 4.76. The molecule has 144 valence electrons. The Kier molecular flexibility index (Phi) is 5.98. The number of aromatic nitrogens is 2. The lowest BCUT2D eigenvalue weighted by atomic mass is 10.0. The quantitative estimate of drug-likeness (QED) is 0.794. The lowest BCUT2D eigenvalue weighted by Gasteiger charge is -2.28. The Morgan fingerprint density at radius 2 is 2.33 bits per heavy atom. The summed E-state index contributed by atoms with van der Waals surface area (Å²) >= 11 is 1.69. The van der Waals surface area contributed by atoms with E-state index in [4.69, 9.17) is 10.4 Å². The minimum absolute atomic E-state index is 0.0161. The van der Waals surface area contributed by atoms with Crippen LogP contribution in [0.2, 0.25) is 0 Å². The van der Waals surface area contributed by atoms with Crippen LogP contribution >= 0.6 is 11.3 Å². The van der Waals surface area contributed by atoms with Crippen molar-refractivity contribution in [1.29, 1.82) is 5.26 Å². The molecule has 1 saturated heterocycles. The number of nitriles is 1. The van der Waals surface area contributed by atoms with E-state index in [0.29, 0.717) is 6.54 Å². The Balaban J connectivity index is 1.53. The van der Waals surface area contributed by atoms with Gasteiger partial charge in [0.15, 0.2) is 0 Å². The van der Waals surface area contributed by atoms with Crippen LogP contribution in [0, 0.1) is 18.3 Å². The van der Waals surface area contributed by atoms with Gasteiger partial charge in [0.25, 0.3) is 0 Å². The van der Waals surface area contributed by atoms with Gasteiger partial charge in [-0.15, -0.1) is 11.3 Å². The third-order valence-electron chi connectivity index (χ3n) is 5.14. The standard InChI is InChI=1S/C20H27N5OS/c1-15-12-17(18-7-5-11-27-18)23-25(15)10-8-20(2,3)22-14-19(26)24-9-4-6-16(24)13-21/h5,7,11-12,16,22H,4,6,8-10,14H2,1-3H3/t16-/m0/s1. The number of nitrogens with one attached hydrogen (secondary N) is 1. The molecule has 0 spiro atoms. The molecule has 0 saturated carbocycles. The van der Waals surface area contributed by atoms with Gasteiger partial charge in [-0.1, -0.05) is 6.07 Å². The van der Waals surface area contributed by atoms with Gasteiger partial charge in [0.05, 0.1) is 17.5 Å². The molecule has 6 nitrogen and oxygen atoms in total. The Bertz CT molecular complexity index is 818. The number of hydrogen-bond donors (Lipinski definition) is 1. The van der Waals surface area contributed by atoms with Crippen molar-refractivity contribution in [3.63, 3.8) is 0 Å². The highest BCUT2D eigenvalue weighted by molar-refractivity contribution is 7.13. The zero-order valence-corrected chi connectivity index (χ0v) is 17.1. The van der Waals surface area contributed by atoms with E-state index in [-0.39, 0.29) is 24.0 Å². The lowest BCUT2D eigenvalue weighted by Crippen LogP contribution is -2.48. The highest BCUT2D eigenvalue weighted by Gasteiger charge is 2.29. The van der Waals surface area contributed by atoms with E-state index in [2.05, 4.69) is 49.7 Å². The molecule has 2 aromatic heterocycles. The van der Waals surface area contributed by atoms with E-state index < -0.39 is 0 Å². The number of amides is 1. The van der Waals surface area contributed by atoms with Crippen LogP contribution in [0.15, 0.2) is 23.6 Å². The summed E-state index contributed by atoms with van der Waals surface area (Å²) in [5, 5.41) is 19.3. The molecule has 7 heteroatoms. The Hall–Kier alpha value is -2.17. The first-order valence-electron chi connectivity index (χ1n) is 9.42. The first-order chi connectivity index (χ1) is 12.9. The monoisotopic (exact) mass is 385 g/mol. The van der Waals surface area contributed by atoms with E-state index >= 15 is 0 Å². The van der Waals surface area contributed by atoms with Gasteiger partial charge in [0.1, 0.15) is 11.7 Å². The zero-order chi connectivity index (χ0) is 19.4. The van der Waals surface area contributed by atoms with Crippen LogP contribution in [0.3, 0.4) is 0 Å². The van der Waals surface area contributed by atoms with Gasteiger partial charge < -0.3 is 10.2 Å². The minimum atomic E-state index is -0.259. The summed E-state index contributed by atoms with van der Waals surface area (Å²) in [5.41, 5.74) is 1.96. The summed E-state index contributed by atoms with van der Waals surface area (Å²) in [6.07, 6.45) is 2.56. The number of thiophene rings is 1. The van der Waals surface area contributed by atoms with E-state index in [1.165, 1.54) is 4.88 Å². The van der Waals surface area contributed by atoms with Gasteiger partial charge in [-0.05, 0) is 57.5 Å². The fourth-order valence-corrected chi connectivity index (χ4v) is 4.05. The van der Waals surface area contributed by atoms with Crippen LogP contribution in [0.1, 0.15) is 38.8 Å². The van der Waals surface area contributed by atoms with Crippen LogP contribution < -0.4 is 5.32 Å². The Labute approximate surface area is 164 Å². The number of carbonyl (C=O) groups is 1. The molecule has 3 rings (SSSR count). The SMILES string of the molecule is Cc1cc(-c2cccs2)nn1CCC(C)(C)NCC(=O)N1CCC[C@H]1C#N. The summed E-state index contributed by atoms with van der Waals surface area (Å²) < 4.78 is 2.03. The van der Waals surface area contributed by atoms with E-state index in [1.807, 2.05) is 10.7 Å². The van der Waals surface area contributed by atoms with Crippen molar-refractivity contribution in [3.05, 3.63) is 29.3 Å². The molecule has 1 N–H and O–H groups in total. The molecule has 1 fully saturated rings. The molecule has 27 heavy (non-hydrogen) atoms. The molecule has 1 atom stereocenters. The van der Waals surface area contributed by atoms with Gasteiger partial charge in [-0.25, -0.2) is 0 Å². The third-order valence-corrected chi connectivity index (χ3v) is 6.04. The second-order valence-electron chi connectivity index (χ2n) is 7.73. The van der Waals surface area contributed by atoms with Crippen molar-refractivity contribution in [2.75, 3.05) is 13.1 Å². The van der Waals surface area contributed by atoms with Gasteiger partial charge in [0.2, 0.25) is 5.91 Å².